The zero-order valence-corrected chi connectivity index (χ0v) is 26.3. The Hall–Kier alpha value is -3.46. The molecule has 0 atom stereocenters. The highest BCUT2D eigenvalue weighted by Gasteiger charge is 2.52. The van der Waals surface area contributed by atoms with Crippen molar-refractivity contribution >= 4 is 35.4 Å². The van der Waals surface area contributed by atoms with Gasteiger partial charge in [-0.3, -0.25) is 0 Å². The van der Waals surface area contributed by atoms with Gasteiger partial charge in [0.2, 0.25) is 0 Å². The number of nitrogens with zero attached hydrogens (tertiary/aromatic N) is 4. The first-order valence-electron chi connectivity index (χ1n) is 14.3. The van der Waals surface area contributed by atoms with Crippen LogP contribution >= 0.6 is 23.4 Å². The summed E-state index contributed by atoms with van der Waals surface area (Å²) in [6.07, 6.45) is -4.37. The molecule has 3 aliphatic carbocycles. The molecule has 0 unspecified atom stereocenters. The number of fused-ring (bicyclic) bond motifs is 3. The number of hydrogen-bond donors (Lipinski definition) is 1. The van der Waals surface area contributed by atoms with Gasteiger partial charge in [0.25, 0.3) is 0 Å². The van der Waals surface area contributed by atoms with E-state index in [1.165, 1.54) is 42.1 Å². The average Bonchev–Trinajstić information content (AvgIpc) is 3.42. The lowest BCUT2D eigenvalue weighted by Crippen LogP contribution is -2.52. The molecule has 3 fully saturated rings. The second-order valence-electron chi connectivity index (χ2n) is 11.8. The predicted molar refractivity (Wildman–Crippen MR) is 158 cm³/mol. The molecule has 1 N–H and O–H groups in total. The molecular weight excluding hydrogens is 660 g/mol. The summed E-state index contributed by atoms with van der Waals surface area (Å²) in [4.78, 5) is 30.0. The van der Waals surface area contributed by atoms with Gasteiger partial charge in [0.05, 0.1) is 12.1 Å². The summed E-state index contributed by atoms with van der Waals surface area (Å²) < 4.78 is 81.9. The molecular formula is C30H30ClF6N5O3S. The molecule has 2 bridgehead atoms. The van der Waals surface area contributed by atoms with Crippen molar-refractivity contribution in [2.45, 2.75) is 67.7 Å². The minimum Gasteiger partial charge on any atom is -0.335 e. The molecule has 3 saturated carbocycles. The van der Waals surface area contributed by atoms with Crippen molar-refractivity contribution in [3.05, 3.63) is 64.4 Å². The van der Waals surface area contributed by atoms with Gasteiger partial charge in [-0.25, -0.2) is 9.59 Å². The Kier molecular flexibility index (Phi) is 9.30. The number of alkyl halides is 6. The number of benzene rings is 2. The molecule has 0 aliphatic heterocycles. The number of urea groups is 1. The summed E-state index contributed by atoms with van der Waals surface area (Å²) in [5.74, 6) is -1.82. The van der Waals surface area contributed by atoms with Crippen molar-refractivity contribution in [2.24, 2.45) is 12.5 Å². The van der Waals surface area contributed by atoms with E-state index in [0.29, 0.717) is 64.9 Å². The van der Waals surface area contributed by atoms with Crippen molar-refractivity contribution in [3.8, 4) is 11.4 Å². The summed E-state index contributed by atoms with van der Waals surface area (Å²) in [6.45, 7) is -0.315. The van der Waals surface area contributed by atoms with Gasteiger partial charge >= 0.3 is 24.4 Å². The van der Waals surface area contributed by atoms with Crippen LogP contribution in [0.1, 0.15) is 55.5 Å². The Labute approximate surface area is 269 Å². The molecule has 6 rings (SSSR count). The van der Waals surface area contributed by atoms with Gasteiger partial charge in [0, 0.05) is 34.5 Å². The number of nitrogens with one attached hydrogen (secondary N) is 1. The van der Waals surface area contributed by atoms with Crippen LogP contribution in [0.25, 0.3) is 11.4 Å². The molecule has 2 amide bonds. The maximum atomic E-state index is 13.7. The van der Waals surface area contributed by atoms with Crippen molar-refractivity contribution in [1.29, 1.82) is 0 Å². The number of halogens is 7. The van der Waals surface area contributed by atoms with Crippen LogP contribution in [0.15, 0.2) is 47.4 Å². The standard InChI is InChI=1S/C30H30ClF6N5O3S/c1-41-23(20-5-3-4-6-21(20)29(32,33)34)39-40-24(41)28-12-9-27(10-13-28,11-14-28)17-38-26(44)42(45-25(43)30(35,36)37)16-18-7-8-19(31)15-22(18)46-2/h3-8,15H,9-14,16-17H2,1-2H3,(H,38,44). The number of carbonyl (C=O) groups is 2. The second kappa shape index (κ2) is 12.6. The molecule has 3 aromatic rings. The molecule has 8 nitrogen and oxygen atoms in total. The highest BCUT2D eigenvalue weighted by atomic mass is 35.5. The van der Waals surface area contributed by atoms with Crippen LogP contribution in [0.4, 0.5) is 31.1 Å². The average molecular weight is 690 g/mol. The van der Waals surface area contributed by atoms with E-state index in [-0.39, 0.29) is 23.3 Å². The predicted octanol–water partition coefficient (Wildman–Crippen LogP) is 7.70. The van der Waals surface area contributed by atoms with Crippen LogP contribution < -0.4 is 5.32 Å². The Bertz CT molecular complexity index is 1600. The van der Waals surface area contributed by atoms with Crippen LogP contribution in [-0.2, 0) is 34.8 Å². The number of aromatic nitrogens is 3. The summed E-state index contributed by atoms with van der Waals surface area (Å²) in [5, 5.41) is 11.9. The number of carbonyl (C=O) groups excluding carboxylic acids is 2. The minimum atomic E-state index is -5.32. The normalized spacial score (nSPS) is 21.2. The minimum absolute atomic E-state index is 0.0599. The van der Waals surface area contributed by atoms with Crippen LogP contribution in [0, 0.1) is 5.41 Å². The van der Waals surface area contributed by atoms with Crippen molar-refractivity contribution < 1.29 is 40.8 Å². The monoisotopic (exact) mass is 689 g/mol. The van der Waals surface area contributed by atoms with E-state index in [1.54, 1.807) is 23.9 Å². The van der Waals surface area contributed by atoms with Crippen LogP contribution in [-0.4, -0.2) is 50.8 Å². The maximum Gasteiger partial charge on any atom is 0.493 e. The van der Waals surface area contributed by atoms with Crippen LogP contribution in [0.2, 0.25) is 5.02 Å². The molecule has 0 radical (unpaired) electrons. The smallest absolute Gasteiger partial charge is 0.335 e. The summed E-state index contributed by atoms with van der Waals surface area (Å²) in [7, 11) is 1.66. The molecule has 1 aromatic heterocycles. The SMILES string of the molecule is CSc1cc(Cl)ccc1CN(OC(=O)C(F)(F)F)C(=O)NCC12CCC(c3nnc(-c4ccccc4C(F)(F)F)n3C)(CC1)CC2. The summed E-state index contributed by atoms with van der Waals surface area (Å²) in [6, 6.07) is 8.86. The van der Waals surface area contributed by atoms with Crippen molar-refractivity contribution in [2.75, 3.05) is 12.8 Å². The third kappa shape index (κ3) is 6.80. The quantitative estimate of drug-likeness (QED) is 0.155. The lowest BCUT2D eigenvalue weighted by atomic mass is 9.53. The van der Waals surface area contributed by atoms with E-state index in [2.05, 4.69) is 20.4 Å². The van der Waals surface area contributed by atoms with Gasteiger partial charge in [-0.05, 0) is 74.0 Å². The Morgan fingerprint density at radius 2 is 1.67 bits per heavy atom. The largest absolute Gasteiger partial charge is 0.493 e. The molecule has 248 valence electrons. The summed E-state index contributed by atoms with van der Waals surface area (Å²) >= 11 is 7.29. The Morgan fingerprint density at radius 1 is 1.02 bits per heavy atom. The van der Waals surface area contributed by atoms with E-state index in [9.17, 15) is 35.9 Å². The van der Waals surface area contributed by atoms with Gasteiger partial charge in [0.1, 0.15) is 5.82 Å². The Morgan fingerprint density at radius 3 is 2.28 bits per heavy atom. The van der Waals surface area contributed by atoms with Crippen LogP contribution in [0.5, 0.6) is 0 Å². The van der Waals surface area contributed by atoms with Gasteiger partial charge in [0.15, 0.2) is 5.82 Å². The number of hydrogen-bond acceptors (Lipinski definition) is 6. The second-order valence-corrected chi connectivity index (χ2v) is 13.0. The fraction of sp³-hybridized carbons (Fsp3) is 0.467. The van der Waals surface area contributed by atoms with Gasteiger partial charge in [-0.2, -0.15) is 26.3 Å². The first-order chi connectivity index (χ1) is 21.6. The van der Waals surface area contributed by atoms with Crippen molar-refractivity contribution in [1.82, 2.24) is 25.1 Å². The first kappa shape index (κ1) is 33.9. The van der Waals surface area contributed by atoms with Gasteiger partial charge in [-0.15, -0.1) is 27.0 Å². The number of amides is 2. The highest BCUT2D eigenvalue weighted by molar-refractivity contribution is 7.98. The fourth-order valence-electron chi connectivity index (χ4n) is 6.47. The zero-order chi connectivity index (χ0) is 33.5. The summed E-state index contributed by atoms with van der Waals surface area (Å²) in [5.41, 5.74) is -1.22. The van der Waals surface area contributed by atoms with Gasteiger partial charge in [-0.1, -0.05) is 35.9 Å². The molecule has 3 aliphatic rings. The third-order valence-corrected chi connectivity index (χ3v) is 10.1. The number of hydroxylamine groups is 2. The van der Waals surface area contributed by atoms with E-state index in [0.717, 1.165) is 6.07 Å². The van der Waals surface area contributed by atoms with Crippen LogP contribution in [0.3, 0.4) is 0 Å². The molecule has 0 spiro atoms. The lowest BCUT2D eigenvalue weighted by molar-refractivity contribution is -0.229. The zero-order valence-electron chi connectivity index (χ0n) is 24.8. The van der Waals surface area contributed by atoms with E-state index >= 15 is 0 Å². The highest BCUT2D eigenvalue weighted by Crippen LogP contribution is 2.57. The first-order valence-corrected chi connectivity index (χ1v) is 15.9. The van der Waals surface area contributed by atoms with E-state index in [1.807, 2.05) is 0 Å². The molecule has 2 aromatic carbocycles. The van der Waals surface area contributed by atoms with Gasteiger partial charge < -0.3 is 14.7 Å². The lowest BCUT2D eigenvalue weighted by Gasteiger charge is -2.53. The topological polar surface area (TPSA) is 89.3 Å². The number of thioether (sulfide) groups is 1. The molecule has 1 heterocycles. The maximum absolute atomic E-state index is 13.7. The molecule has 16 heteroatoms. The van der Waals surface area contributed by atoms with Crippen molar-refractivity contribution in [3.63, 3.8) is 0 Å². The van der Waals surface area contributed by atoms with E-state index in [4.69, 9.17) is 11.6 Å². The number of rotatable bonds is 7. The fourth-order valence-corrected chi connectivity index (χ4v) is 7.34. The Balaban J connectivity index is 1.29. The third-order valence-electron chi connectivity index (χ3n) is 9.05. The molecule has 0 saturated heterocycles. The van der Waals surface area contributed by atoms with E-state index < -0.39 is 41.9 Å². The molecule has 46 heavy (non-hydrogen) atoms.